The van der Waals surface area contributed by atoms with E-state index in [0.717, 1.165) is 12.0 Å². The molecule has 1 atom stereocenters. The molecule has 1 aromatic carbocycles. The van der Waals surface area contributed by atoms with E-state index in [-0.39, 0.29) is 17.8 Å². The summed E-state index contributed by atoms with van der Waals surface area (Å²) in [4.78, 5) is 11.5. The minimum atomic E-state index is -0.434. The van der Waals surface area contributed by atoms with Gasteiger partial charge in [0.1, 0.15) is 11.4 Å². The second kappa shape index (κ2) is 7.39. The highest BCUT2D eigenvalue weighted by molar-refractivity contribution is 5.70. The van der Waals surface area contributed by atoms with Crippen LogP contribution in [0.3, 0.4) is 0 Å². The van der Waals surface area contributed by atoms with Gasteiger partial charge in [0.2, 0.25) is 0 Å². The molecule has 0 amide bonds. The van der Waals surface area contributed by atoms with Crippen molar-refractivity contribution < 1.29 is 13.9 Å². The van der Waals surface area contributed by atoms with E-state index in [2.05, 4.69) is 5.32 Å². The summed E-state index contributed by atoms with van der Waals surface area (Å²) >= 11 is 0. The van der Waals surface area contributed by atoms with Gasteiger partial charge < -0.3 is 10.1 Å². The summed E-state index contributed by atoms with van der Waals surface area (Å²) in [6.07, 6.45) is 1.15. The van der Waals surface area contributed by atoms with Crippen molar-refractivity contribution in [2.75, 3.05) is 6.54 Å². The number of hydrogen-bond acceptors (Lipinski definition) is 3. The quantitative estimate of drug-likeness (QED) is 0.814. The van der Waals surface area contributed by atoms with Gasteiger partial charge in [0.05, 0.1) is 6.42 Å². The van der Waals surface area contributed by atoms with Crippen LogP contribution in [0.2, 0.25) is 0 Å². The Labute approximate surface area is 120 Å². The van der Waals surface area contributed by atoms with Crippen LogP contribution in [0.15, 0.2) is 24.3 Å². The van der Waals surface area contributed by atoms with Gasteiger partial charge in [0, 0.05) is 12.6 Å². The zero-order chi connectivity index (χ0) is 15.2. The molecule has 0 fully saturated rings. The smallest absolute Gasteiger partial charge is 0.307 e. The lowest BCUT2D eigenvalue weighted by Gasteiger charge is -2.20. The molecule has 1 N–H and O–H groups in total. The Morgan fingerprint density at radius 2 is 1.90 bits per heavy atom. The number of esters is 1. The molecule has 1 rings (SSSR count). The summed E-state index contributed by atoms with van der Waals surface area (Å²) in [5.41, 5.74) is 0.639. The monoisotopic (exact) mass is 281 g/mol. The Bertz CT molecular complexity index is 423. The van der Waals surface area contributed by atoms with Crippen molar-refractivity contribution in [1.29, 1.82) is 0 Å². The molecule has 3 nitrogen and oxygen atoms in total. The Morgan fingerprint density at radius 1 is 1.30 bits per heavy atom. The van der Waals surface area contributed by atoms with Crippen LogP contribution < -0.4 is 5.32 Å². The molecule has 0 spiro atoms. The van der Waals surface area contributed by atoms with Gasteiger partial charge in [0.25, 0.3) is 0 Å². The predicted octanol–water partition coefficient (Wildman–Crippen LogP) is 3.08. The summed E-state index contributed by atoms with van der Waals surface area (Å²) in [5.74, 6) is -0.418. The topological polar surface area (TPSA) is 38.3 Å². The Kier molecular flexibility index (Phi) is 6.14. The Hall–Kier alpha value is -1.42. The van der Waals surface area contributed by atoms with Crippen LogP contribution in [0.25, 0.3) is 0 Å². The normalized spacial score (nSPS) is 13.1. The number of halogens is 1. The molecule has 112 valence electrons. The van der Waals surface area contributed by atoms with Crippen LogP contribution in [-0.4, -0.2) is 24.2 Å². The fourth-order valence-electron chi connectivity index (χ4n) is 1.86. The van der Waals surface area contributed by atoms with E-state index in [0.29, 0.717) is 13.0 Å². The zero-order valence-electron chi connectivity index (χ0n) is 12.7. The zero-order valence-corrected chi connectivity index (χ0v) is 12.7. The molecule has 20 heavy (non-hydrogen) atoms. The molecular weight excluding hydrogens is 257 g/mol. The molecule has 0 aliphatic rings. The standard InChI is InChI=1S/C16H24FNO2/c1-12(11-13-5-7-14(17)8-6-13)18-10-9-15(19)20-16(2,3)4/h5-8,12,18H,9-11H2,1-4H3. The third-order valence-corrected chi connectivity index (χ3v) is 2.70. The minimum Gasteiger partial charge on any atom is -0.460 e. The molecule has 0 aliphatic heterocycles. The fourth-order valence-corrected chi connectivity index (χ4v) is 1.86. The summed E-state index contributed by atoms with van der Waals surface area (Å²) in [7, 11) is 0. The maximum absolute atomic E-state index is 12.8. The van der Waals surface area contributed by atoms with E-state index in [1.54, 1.807) is 12.1 Å². The molecule has 0 heterocycles. The number of benzene rings is 1. The molecule has 0 bridgehead atoms. The largest absolute Gasteiger partial charge is 0.460 e. The maximum Gasteiger partial charge on any atom is 0.307 e. The van der Waals surface area contributed by atoms with Crippen molar-refractivity contribution in [3.8, 4) is 0 Å². The van der Waals surface area contributed by atoms with Crippen molar-refractivity contribution in [3.05, 3.63) is 35.6 Å². The van der Waals surface area contributed by atoms with Gasteiger partial charge in [-0.1, -0.05) is 12.1 Å². The number of carbonyl (C=O) groups is 1. The lowest BCUT2D eigenvalue weighted by atomic mass is 10.1. The summed E-state index contributed by atoms with van der Waals surface area (Å²) in [6, 6.07) is 6.71. The first-order chi connectivity index (χ1) is 9.26. The summed E-state index contributed by atoms with van der Waals surface area (Å²) in [5, 5.41) is 3.27. The highest BCUT2D eigenvalue weighted by Gasteiger charge is 2.15. The summed E-state index contributed by atoms with van der Waals surface area (Å²) in [6.45, 7) is 8.19. The number of carbonyl (C=O) groups excluding carboxylic acids is 1. The van der Waals surface area contributed by atoms with Crippen LogP contribution in [0.1, 0.15) is 39.7 Å². The van der Waals surface area contributed by atoms with Crippen LogP contribution in [0, 0.1) is 5.82 Å². The van der Waals surface area contributed by atoms with Gasteiger partial charge in [-0.2, -0.15) is 0 Å². The average Bonchev–Trinajstić information content (AvgIpc) is 2.29. The molecule has 1 aromatic rings. The lowest BCUT2D eigenvalue weighted by molar-refractivity contribution is -0.154. The second-order valence-corrected chi connectivity index (χ2v) is 6.02. The van der Waals surface area contributed by atoms with Crippen molar-refractivity contribution >= 4 is 5.97 Å². The molecule has 4 heteroatoms. The van der Waals surface area contributed by atoms with E-state index >= 15 is 0 Å². The van der Waals surface area contributed by atoms with Gasteiger partial charge >= 0.3 is 5.97 Å². The lowest BCUT2D eigenvalue weighted by Crippen LogP contribution is -2.32. The van der Waals surface area contributed by atoms with Crippen molar-refractivity contribution in [2.45, 2.75) is 52.2 Å². The van der Waals surface area contributed by atoms with Crippen LogP contribution in [0.5, 0.6) is 0 Å². The van der Waals surface area contributed by atoms with Gasteiger partial charge in [-0.3, -0.25) is 4.79 Å². The minimum absolute atomic E-state index is 0.195. The second-order valence-electron chi connectivity index (χ2n) is 6.02. The maximum atomic E-state index is 12.8. The highest BCUT2D eigenvalue weighted by Crippen LogP contribution is 2.08. The first-order valence-corrected chi connectivity index (χ1v) is 6.96. The molecule has 0 aliphatic carbocycles. The number of rotatable bonds is 6. The number of hydrogen-bond donors (Lipinski definition) is 1. The first-order valence-electron chi connectivity index (χ1n) is 6.96. The number of nitrogens with one attached hydrogen (secondary N) is 1. The number of ether oxygens (including phenoxy) is 1. The molecular formula is C16H24FNO2. The van der Waals surface area contributed by atoms with Crippen molar-refractivity contribution in [3.63, 3.8) is 0 Å². The molecule has 1 unspecified atom stereocenters. The average molecular weight is 281 g/mol. The molecule has 0 saturated carbocycles. The predicted molar refractivity (Wildman–Crippen MR) is 78.0 cm³/mol. The van der Waals surface area contributed by atoms with E-state index in [9.17, 15) is 9.18 Å². The van der Waals surface area contributed by atoms with Crippen LogP contribution in [-0.2, 0) is 16.0 Å². The Balaban J connectivity index is 2.25. The van der Waals surface area contributed by atoms with Gasteiger partial charge in [-0.25, -0.2) is 4.39 Å². The van der Waals surface area contributed by atoms with E-state index < -0.39 is 5.60 Å². The van der Waals surface area contributed by atoms with E-state index in [4.69, 9.17) is 4.74 Å². The molecule has 0 radical (unpaired) electrons. The van der Waals surface area contributed by atoms with Gasteiger partial charge in [-0.05, 0) is 51.8 Å². The third-order valence-electron chi connectivity index (χ3n) is 2.70. The fraction of sp³-hybridized carbons (Fsp3) is 0.562. The van der Waals surface area contributed by atoms with Gasteiger partial charge in [0.15, 0.2) is 0 Å². The van der Waals surface area contributed by atoms with Crippen LogP contribution >= 0.6 is 0 Å². The first kappa shape index (κ1) is 16.6. The van der Waals surface area contributed by atoms with Crippen molar-refractivity contribution in [1.82, 2.24) is 5.32 Å². The Morgan fingerprint density at radius 3 is 2.45 bits per heavy atom. The SMILES string of the molecule is CC(Cc1ccc(F)cc1)NCCC(=O)OC(C)(C)C. The van der Waals surface area contributed by atoms with E-state index in [1.165, 1.54) is 12.1 Å². The third kappa shape index (κ3) is 7.24. The van der Waals surface area contributed by atoms with Crippen LogP contribution in [0.4, 0.5) is 4.39 Å². The summed E-state index contributed by atoms with van der Waals surface area (Å²) < 4.78 is 18.0. The van der Waals surface area contributed by atoms with E-state index in [1.807, 2.05) is 27.7 Å². The molecule has 0 aromatic heterocycles. The van der Waals surface area contributed by atoms with Crippen molar-refractivity contribution in [2.24, 2.45) is 0 Å². The molecule has 0 saturated heterocycles. The highest BCUT2D eigenvalue weighted by atomic mass is 19.1. The van der Waals surface area contributed by atoms with Gasteiger partial charge in [-0.15, -0.1) is 0 Å².